The van der Waals surface area contributed by atoms with Crippen LogP contribution in [-0.4, -0.2) is 21.2 Å². The molecule has 0 radical (unpaired) electrons. The van der Waals surface area contributed by atoms with Crippen LogP contribution in [-0.2, 0) is 20.3 Å². The van der Waals surface area contributed by atoms with Gasteiger partial charge in [0.2, 0.25) is 0 Å². The first-order chi connectivity index (χ1) is 5.16. The topological polar surface area (TPSA) is 63.6 Å². The number of rotatable bonds is 6. The van der Waals surface area contributed by atoms with Crippen molar-refractivity contribution >= 4 is 17.1 Å². The summed E-state index contributed by atoms with van der Waals surface area (Å²) in [4.78, 5) is 10.5. The van der Waals surface area contributed by atoms with Crippen LogP contribution in [0.3, 0.4) is 0 Å². The monoisotopic (exact) mass is 178 g/mol. The Morgan fingerprint density at radius 3 is 2.82 bits per heavy atom. The Kier molecular flexibility index (Phi) is 5.91. The zero-order chi connectivity index (χ0) is 8.69. The molecule has 0 bridgehead atoms. The first kappa shape index (κ1) is 10.5. The second kappa shape index (κ2) is 6.21. The van der Waals surface area contributed by atoms with Gasteiger partial charge in [-0.15, -0.1) is 0 Å². The zero-order valence-corrected chi connectivity index (χ0v) is 6.80. The summed E-state index contributed by atoms with van der Waals surface area (Å²) < 4.78 is 22.3. The van der Waals surface area contributed by atoms with Gasteiger partial charge < -0.3 is 0 Å². The highest BCUT2D eigenvalue weighted by Crippen LogP contribution is 1.93. The van der Waals surface area contributed by atoms with Gasteiger partial charge in [-0.1, -0.05) is 6.58 Å². The van der Waals surface area contributed by atoms with Crippen LogP contribution in [0.15, 0.2) is 12.7 Å². The minimum Gasteiger partial charge on any atom is -0.295 e. The van der Waals surface area contributed by atoms with E-state index in [2.05, 4.69) is 10.8 Å². The van der Waals surface area contributed by atoms with Crippen molar-refractivity contribution in [2.45, 2.75) is 12.8 Å². The minimum absolute atomic E-state index is 0.0858. The summed E-state index contributed by atoms with van der Waals surface area (Å²) in [5, 5.41) is 0. The Bertz CT molecular complexity index is 166. The molecule has 0 spiro atoms. The average Bonchev–Trinajstić information content (AvgIpc) is 1.97. The van der Waals surface area contributed by atoms with Crippen molar-refractivity contribution in [1.29, 1.82) is 0 Å². The van der Waals surface area contributed by atoms with Gasteiger partial charge >= 0.3 is 11.4 Å². The molecule has 0 aliphatic heterocycles. The molecule has 0 aromatic carbocycles. The molecule has 1 unspecified atom stereocenters. The van der Waals surface area contributed by atoms with Crippen LogP contribution < -0.4 is 0 Å². The average molecular weight is 178 g/mol. The predicted molar refractivity (Wildman–Crippen MR) is 41.2 cm³/mol. The normalized spacial score (nSPS) is 12.5. The van der Waals surface area contributed by atoms with Gasteiger partial charge in [0.05, 0.1) is 6.61 Å². The van der Waals surface area contributed by atoms with E-state index in [0.29, 0.717) is 12.8 Å². The maximum atomic E-state index is 10.5. The molecule has 11 heavy (non-hydrogen) atoms. The molecule has 0 heterocycles. The lowest BCUT2D eigenvalue weighted by Crippen LogP contribution is -2.00. The Hall–Kier alpha value is -0.520. The third-order valence-corrected chi connectivity index (χ3v) is 1.35. The van der Waals surface area contributed by atoms with Crippen LogP contribution in [0.1, 0.15) is 12.8 Å². The first-order valence-electron chi connectivity index (χ1n) is 3.06. The van der Waals surface area contributed by atoms with Crippen LogP contribution in [0.4, 0.5) is 0 Å². The molecular formula is C6H10O4S. The standard InChI is InChI=1S/C6H10O4S/c1-2-6(7)4-3-5-10-11(8)9/h2H,1,3-5H2,(H,8,9). The van der Waals surface area contributed by atoms with Gasteiger partial charge in [0, 0.05) is 6.42 Å². The molecule has 0 aromatic rings. The number of allylic oxidation sites excluding steroid dienone is 1. The van der Waals surface area contributed by atoms with E-state index in [-0.39, 0.29) is 12.4 Å². The highest BCUT2D eigenvalue weighted by molar-refractivity contribution is 7.74. The van der Waals surface area contributed by atoms with Crippen LogP contribution in [0.2, 0.25) is 0 Å². The molecule has 0 aromatic heterocycles. The molecule has 0 rings (SSSR count). The zero-order valence-electron chi connectivity index (χ0n) is 5.99. The summed E-state index contributed by atoms with van der Waals surface area (Å²) in [5.74, 6) is -0.0858. The number of hydrogen-bond acceptors (Lipinski definition) is 3. The van der Waals surface area contributed by atoms with Crippen molar-refractivity contribution < 1.29 is 17.7 Å². The third kappa shape index (κ3) is 7.38. The Balaban J connectivity index is 3.21. The van der Waals surface area contributed by atoms with E-state index >= 15 is 0 Å². The van der Waals surface area contributed by atoms with E-state index in [4.69, 9.17) is 4.55 Å². The van der Waals surface area contributed by atoms with Crippen LogP contribution >= 0.6 is 0 Å². The maximum absolute atomic E-state index is 10.5. The van der Waals surface area contributed by atoms with Crippen LogP contribution in [0.25, 0.3) is 0 Å². The van der Waals surface area contributed by atoms with Crippen molar-refractivity contribution in [3.05, 3.63) is 12.7 Å². The number of carbonyl (C=O) groups is 1. The van der Waals surface area contributed by atoms with Gasteiger partial charge in [-0.25, -0.2) is 0 Å². The lowest BCUT2D eigenvalue weighted by molar-refractivity contribution is -0.114. The Morgan fingerprint density at radius 1 is 1.73 bits per heavy atom. The third-order valence-electron chi connectivity index (χ3n) is 0.979. The number of ketones is 1. The highest BCUT2D eigenvalue weighted by atomic mass is 32.2. The van der Waals surface area contributed by atoms with E-state index in [9.17, 15) is 9.00 Å². The lowest BCUT2D eigenvalue weighted by Gasteiger charge is -1.95. The van der Waals surface area contributed by atoms with E-state index in [1.807, 2.05) is 0 Å². The number of carbonyl (C=O) groups excluding carboxylic acids is 1. The van der Waals surface area contributed by atoms with Crippen molar-refractivity contribution in [3.63, 3.8) is 0 Å². The molecule has 0 saturated carbocycles. The van der Waals surface area contributed by atoms with E-state index in [1.165, 1.54) is 6.08 Å². The Labute approximate surface area is 67.7 Å². The van der Waals surface area contributed by atoms with Crippen molar-refractivity contribution in [2.75, 3.05) is 6.61 Å². The van der Waals surface area contributed by atoms with Crippen LogP contribution in [0.5, 0.6) is 0 Å². The summed E-state index contributed by atoms with van der Waals surface area (Å²) in [6.45, 7) is 3.39. The quantitative estimate of drug-likeness (QED) is 0.369. The predicted octanol–water partition coefficient (Wildman–Crippen LogP) is 0.675. The summed E-state index contributed by atoms with van der Waals surface area (Å²) in [7, 11) is 0. The molecule has 0 amide bonds. The van der Waals surface area contributed by atoms with Gasteiger partial charge in [-0.05, 0) is 12.5 Å². The molecule has 0 aliphatic rings. The molecule has 5 heteroatoms. The molecule has 1 atom stereocenters. The summed E-state index contributed by atoms with van der Waals surface area (Å²) >= 11 is -2.22. The van der Waals surface area contributed by atoms with Crippen molar-refractivity contribution in [1.82, 2.24) is 0 Å². The van der Waals surface area contributed by atoms with Gasteiger partial charge in [-0.2, -0.15) is 4.21 Å². The molecular weight excluding hydrogens is 168 g/mol. The van der Waals surface area contributed by atoms with Gasteiger partial charge in [-0.3, -0.25) is 13.5 Å². The molecule has 0 aliphatic carbocycles. The number of hydrogen-bond donors (Lipinski definition) is 1. The largest absolute Gasteiger partial charge is 0.301 e. The van der Waals surface area contributed by atoms with E-state index in [1.54, 1.807) is 0 Å². The molecule has 4 nitrogen and oxygen atoms in total. The van der Waals surface area contributed by atoms with Crippen molar-refractivity contribution in [2.24, 2.45) is 0 Å². The second-order valence-corrected chi connectivity index (χ2v) is 2.48. The second-order valence-electron chi connectivity index (χ2n) is 1.81. The molecule has 0 saturated heterocycles. The summed E-state index contributed by atoms with van der Waals surface area (Å²) in [6.07, 6.45) is 1.97. The van der Waals surface area contributed by atoms with E-state index in [0.717, 1.165) is 0 Å². The van der Waals surface area contributed by atoms with Gasteiger partial charge in [0.25, 0.3) is 0 Å². The lowest BCUT2D eigenvalue weighted by atomic mass is 10.2. The minimum atomic E-state index is -2.22. The maximum Gasteiger partial charge on any atom is 0.301 e. The smallest absolute Gasteiger partial charge is 0.295 e. The Morgan fingerprint density at radius 2 is 2.36 bits per heavy atom. The SMILES string of the molecule is C=CC(=O)CCCOS(=O)O. The summed E-state index contributed by atoms with van der Waals surface area (Å²) in [6, 6.07) is 0. The van der Waals surface area contributed by atoms with Gasteiger partial charge in [0.15, 0.2) is 5.78 Å². The first-order valence-corrected chi connectivity index (χ1v) is 4.09. The van der Waals surface area contributed by atoms with Gasteiger partial charge in [0.1, 0.15) is 0 Å². The molecule has 1 N–H and O–H groups in total. The fourth-order valence-electron chi connectivity index (χ4n) is 0.479. The summed E-state index contributed by atoms with van der Waals surface area (Å²) in [5.41, 5.74) is 0. The van der Waals surface area contributed by atoms with Crippen molar-refractivity contribution in [3.8, 4) is 0 Å². The fraction of sp³-hybridized carbons (Fsp3) is 0.500. The van der Waals surface area contributed by atoms with E-state index < -0.39 is 11.4 Å². The fourth-order valence-corrected chi connectivity index (χ4v) is 0.739. The van der Waals surface area contributed by atoms with Crippen LogP contribution in [0, 0.1) is 0 Å². The molecule has 0 fully saturated rings. The highest BCUT2D eigenvalue weighted by Gasteiger charge is 1.97. The molecule has 64 valence electrons.